The first-order valence-corrected chi connectivity index (χ1v) is 5.30. The highest BCUT2D eigenvalue weighted by atomic mass is 19.1. The SMILES string of the molecule is FC1CCNCC1C1CCOCC1. The van der Waals surface area contributed by atoms with Crippen LogP contribution < -0.4 is 5.32 Å². The molecule has 2 saturated heterocycles. The van der Waals surface area contributed by atoms with E-state index in [-0.39, 0.29) is 5.92 Å². The lowest BCUT2D eigenvalue weighted by Crippen LogP contribution is -2.43. The highest BCUT2D eigenvalue weighted by Gasteiger charge is 2.32. The molecule has 13 heavy (non-hydrogen) atoms. The Hall–Kier alpha value is -0.150. The fourth-order valence-electron chi connectivity index (χ4n) is 2.46. The maximum atomic E-state index is 13.6. The summed E-state index contributed by atoms with van der Waals surface area (Å²) >= 11 is 0. The molecular formula is C10H18FNO. The number of nitrogens with one attached hydrogen (secondary N) is 1. The topological polar surface area (TPSA) is 21.3 Å². The van der Waals surface area contributed by atoms with E-state index in [1.165, 1.54) is 0 Å². The number of alkyl halides is 1. The molecule has 0 aromatic heterocycles. The molecule has 2 atom stereocenters. The zero-order valence-corrected chi connectivity index (χ0v) is 7.97. The number of piperidine rings is 1. The van der Waals surface area contributed by atoms with Gasteiger partial charge in [-0.1, -0.05) is 0 Å². The van der Waals surface area contributed by atoms with Crippen LogP contribution in [-0.2, 0) is 4.74 Å². The molecule has 2 heterocycles. The van der Waals surface area contributed by atoms with Crippen molar-refractivity contribution in [3.63, 3.8) is 0 Å². The molecule has 0 saturated carbocycles. The van der Waals surface area contributed by atoms with Crippen LogP contribution in [-0.4, -0.2) is 32.5 Å². The minimum atomic E-state index is -0.579. The quantitative estimate of drug-likeness (QED) is 0.669. The van der Waals surface area contributed by atoms with Gasteiger partial charge < -0.3 is 10.1 Å². The molecule has 2 aliphatic rings. The average Bonchev–Trinajstić information content (AvgIpc) is 2.20. The lowest BCUT2D eigenvalue weighted by Gasteiger charge is -2.35. The van der Waals surface area contributed by atoms with Gasteiger partial charge in [0.2, 0.25) is 0 Å². The highest BCUT2D eigenvalue weighted by Crippen LogP contribution is 2.30. The molecule has 0 spiro atoms. The summed E-state index contributed by atoms with van der Waals surface area (Å²) in [6, 6.07) is 0. The third-order valence-electron chi connectivity index (χ3n) is 3.31. The van der Waals surface area contributed by atoms with E-state index in [2.05, 4.69) is 5.32 Å². The van der Waals surface area contributed by atoms with Gasteiger partial charge >= 0.3 is 0 Å². The second kappa shape index (κ2) is 4.38. The summed E-state index contributed by atoms with van der Waals surface area (Å²) in [5, 5.41) is 3.28. The summed E-state index contributed by atoms with van der Waals surface area (Å²) in [5.41, 5.74) is 0. The Balaban J connectivity index is 1.88. The van der Waals surface area contributed by atoms with Crippen LogP contribution in [0.4, 0.5) is 4.39 Å². The summed E-state index contributed by atoms with van der Waals surface area (Å²) in [6.45, 7) is 3.37. The van der Waals surface area contributed by atoms with Crippen molar-refractivity contribution in [2.45, 2.75) is 25.4 Å². The maximum absolute atomic E-state index is 13.6. The second-order valence-electron chi connectivity index (χ2n) is 4.12. The molecule has 2 aliphatic heterocycles. The van der Waals surface area contributed by atoms with Crippen molar-refractivity contribution >= 4 is 0 Å². The lowest BCUT2D eigenvalue weighted by atomic mass is 9.80. The highest BCUT2D eigenvalue weighted by molar-refractivity contribution is 4.84. The molecular weight excluding hydrogens is 169 g/mol. The minimum absolute atomic E-state index is 0.248. The first kappa shape index (κ1) is 9.41. The summed E-state index contributed by atoms with van der Waals surface area (Å²) in [5.74, 6) is 0.800. The van der Waals surface area contributed by atoms with E-state index in [0.717, 1.165) is 39.1 Å². The summed E-state index contributed by atoms with van der Waals surface area (Å²) in [4.78, 5) is 0. The van der Waals surface area contributed by atoms with E-state index in [0.29, 0.717) is 12.3 Å². The Kier molecular flexibility index (Phi) is 3.17. The zero-order chi connectivity index (χ0) is 9.10. The zero-order valence-electron chi connectivity index (χ0n) is 7.97. The number of hydrogen-bond donors (Lipinski definition) is 1. The fraction of sp³-hybridized carbons (Fsp3) is 1.00. The molecule has 0 aromatic rings. The Morgan fingerprint density at radius 2 is 1.92 bits per heavy atom. The Morgan fingerprint density at radius 1 is 1.15 bits per heavy atom. The van der Waals surface area contributed by atoms with Crippen molar-refractivity contribution in [2.24, 2.45) is 11.8 Å². The molecule has 0 aromatic carbocycles. The standard InChI is InChI=1S/C10H18FNO/c11-10-1-4-12-7-9(10)8-2-5-13-6-3-8/h8-10,12H,1-7H2. The van der Waals surface area contributed by atoms with Crippen molar-refractivity contribution < 1.29 is 9.13 Å². The molecule has 2 nitrogen and oxygen atoms in total. The predicted octanol–water partition coefficient (Wildman–Crippen LogP) is 1.36. The van der Waals surface area contributed by atoms with Gasteiger partial charge in [0.25, 0.3) is 0 Å². The van der Waals surface area contributed by atoms with Gasteiger partial charge in [-0.15, -0.1) is 0 Å². The van der Waals surface area contributed by atoms with Gasteiger partial charge in [0.1, 0.15) is 6.17 Å². The van der Waals surface area contributed by atoms with Gasteiger partial charge in [-0.2, -0.15) is 0 Å². The summed E-state index contributed by atoms with van der Waals surface area (Å²) < 4.78 is 18.8. The molecule has 0 amide bonds. The smallest absolute Gasteiger partial charge is 0.106 e. The number of hydrogen-bond acceptors (Lipinski definition) is 2. The van der Waals surface area contributed by atoms with Crippen molar-refractivity contribution in [1.82, 2.24) is 5.32 Å². The molecule has 0 aliphatic carbocycles. The van der Waals surface area contributed by atoms with Crippen LogP contribution >= 0.6 is 0 Å². The summed E-state index contributed by atoms with van der Waals surface area (Å²) in [7, 11) is 0. The monoisotopic (exact) mass is 187 g/mol. The molecule has 0 bridgehead atoms. The van der Waals surface area contributed by atoms with Gasteiger partial charge in [0, 0.05) is 25.7 Å². The van der Waals surface area contributed by atoms with E-state index >= 15 is 0 Å². The lowest BCUT2D eigenvalue weighted by molar-refractivity contribution is 0.0195. The second-order valence-corrected chi connectivity index (χ2v) is 4.12. The molecule has 76 valence electrons. The minimum Gasteiger partial charge on any atom is -0.381 e. The molecule has 1 N–H and O–H groups in total. The van der Waals surface area contributed by atoms with Crippen LogP contribution in [0.2, 0.25) is 0 Å². The Morgan fingerprint density at radius 3 is 2.62 bits per heavy atom. The van der Waals surface area contributed by atoms with Crippen molar-refractivity contribution in [1.29, 1.82) is 0 Å². The van der Waals surface area contributed by atoms with Crippen LogP contribution in [0.1, 0.15) is 19.3 Å². The van der Waals surface area contributed by atoms with Gasteiger partial charge in [-0.25, -0.2) is 4.39 Å². The normalized spacial score (nSPS) is 37.6. The molecule has 2 unspecified atom stereocenters. The average molecular weight is 187 g/mol. The van der Waals surface area contributed by atoms with Crippen LogP contribution in [0.15, 0.2) is 0 Å². The first-order chi connectivity index (χ1) is 6.38. The Bertz CT molecular complexity index is 159. The van der Waals surface area contributed by atoms with Crippen LogP contribution in [0, 0.1) is 11.8 Å². The predicted molar refractivity (Wildman–Crippen MR) is 49.4 cm³/mol. The van der Waals surface area contributed by atoms with Crippen LogP contribution in [0.5, 0.6) is 0 Å². The first-order valence-electron chi connectivity index (χ1n) is 5.30. The van der Waals surface area contributed by atoms with E-state index in [1.807, 2.05) is 0 Å². The van der Waals surface area contributed by atoms with E-state index < -0.39 is 6.17 Å². The molecule has 2 rings (SSSR count). The van der Waals surface area contributed by atoms with E-state index in [1.54, 1.807) is 0 Å². The van der Waals surface area contributed by atoms with E-state index in [9.17, 15) is 4.39 Å². The largest absolute Gasteiger partial charge is 0.381 e. The van der Waals surface area contributed by atoms with Crippen LogP contribution in [0.25, 0.3) is 0 Å². The maximum Gasteiger partial charge on any atom is 0.106 e. The van der Waals surface area contributed by atoms with Crippen molar-refractivity contribution in [3.8, 4) is 0 Å². The van der Waals surface area contributed by atoms with Crippen molar-refractivity contribution in [3.05, 3.63) is 0 Å². The van der Waals surface area contributed by atoms with Gasteiger partial charge in [-0.3, -0.25) is 0 Å². The van der Waals surface area contributed by atoms with Gasteiger partial charge in [-0.05, 0) is 31.7 Å². The third kappa shape index (κ3) is 2.20. The fourth-order valence-corrected chi connectivity index (χ4v) is 2.46. The molecule has 0 radical (unpaired) electrons. The summed E-state index contributed by atoms with van der Waals surface area (Å²) in [6.07, 6.45) is 2.21. The van der Waals surface area contributed by atoms with Crippen LogP contribution in [0.3, 0.4) is 0 Å². The molecule has 2 fully saturated rings. The number of rotatable bonds is 1. The number of ether oxygens (including phenoxy) is 1. The van der Waals surface area contributed by atoms with Gasteiger partial charge in [0.15, 0.2) is 0 Å². The van der Waals surface area contributed by atoms with E-state index in [4.69, 9.17) is 4.74 Å². The van der Waals surface area contributed by atoms with Gasteiger partial charge in [0.05, 0.1) is 0 Å². The third-order valence-corrected chi connectivity index (χ3v) is 3.31. The molecule has 3 heteroatoms. The van der Waals surface area contributed by atoms with Crippen molar-refractivity contribution in [2.75, 3.05) is 26.3 Å². The number of halogens is 1. The Labute approximate surface area is 78.8 Å².